The van der Waals surface area contributed by atoms with Gasteiger partial charge in [0.25, 0.3) is 5.91 Å². The maximum atomic E-state index is 11.3. The average molecular weight is 282 g/mol. The second kappa shape index (κ2) is 4.01. The number of nitrogens with one attached hydrogen (secondary N) is 1. The van der Waals surface area contributed by atoms with Crippen LogP contribution in [0.4, 0.5) is 0 Å². The highest BCUT2D eigenvalue weighted by molar-refractivity contribution is 9.10. The van der Waals surface area contributed by atoms with Gasteiger partial charge in [-0.3, -0.25) is 4.79 Å². The Balaban J connectivity index is 2.31. The first-order valence-corrected chi connectivity index (χ1v) is 5.96. The number of carbonyl (C=O) groups excluding carboxylic acids is 1. The quantitative estimate of drug-likeness (QED) is 0.786. The summed E-state index contributed by atoms with van der Waals surface area (Å²) in [7, 11) is 0. The molecule has 3 nitrogen and oxygen atoms in total. The van der Waals surface area contributed by atoms with E-state index in [2.05, 4.69) is 21.4 Å². The van der Waals surface area contributed by atoms with E-state index in [4.69, 9.17) is 0 Å². The van der Waals surface area contributed by atoms with Gasteiger partial charge in [-0.15, -0.1) is 10.1 Å². The van der Waals surface area contributed by atoms with Crippen molar-refractivity contribution in [2.45, 2.75) is 25.8 Å². The molecule has 1 aromatic rings. The van der Waals surface area contributed by atoms with Crippen molar-refractivity contribution in [3.05, 3.63) is 34.3 Å². The third-order valence-electron chi connectivity index (χ3n) is 2.64. The summed E-state index contributed by atoms with van der Waals surface area (Å²) in [6.45, 7) is 4.08. The Morgan fingerprint density at radius 3 is 2.50 bits per heavy atom. The largest absolute Gasteiger partial charge is 0.281 e. The van der Waals surface area contributed by atoms with Gasteiger partial charge in [-0.25, -0.2) is 0 Å². The fourth-order valence-corrected chi connectivity index (χ4v) is 1.97. The van der Waals surface area contributed by atoms with Gasteiger partial charge in [0.15, 0.2) is 5.54 Å². The minimum Gasteiger partial charge on any atom is -0.269 e. The van der Waals surface area contributed by atoms with Crippen LogP contribution in [0.2, 0.25) is 0 Å². The van der Waals surface area contributed by atoms with Gasteiger partial charge in [0.1, 0.15) is 0 Å². The van der Waals surface area contributed by atoms with Gasteiger partial charge in [-0.1, -0.05) is 15.9 Å². The van der Waals surface area contributed by atoms with Crippen LogP contribution < -0.4 is 5.43 Å². The maximum Gasteiger partial charge on any atom is 0.281 e. The second-order valence-electron chi connectivity index (χ2n) is 4.57. The number of benzene rings is 1. The molecule has 4 heteroatoms. The summed E-state index contributed by atoms with van der Waals surface area (Å²) in [6, 6.07) is 7.97. The first-order valence-electron chi connectivity index (χ1n) is 5.17. The van der Waals surface area contributed by atoms with E-state index in [0.29, 0.717) is 6.42 Å². The highest BCUT2D eigenvalue weighted by Gasteiger charge is 2.42. The molecule has 16 heavy (non-hydrogen) atoms. The van der Waals surface area contributed by atoms with Crippen LogP contribution in [0.5, 0.6) is 0 Å². The summed E-state index contributed by atoms with van der Waals surface area (Å²) in [5.74, 6) is 0.0679. The molecule has 0 bridgehead atoms. The molecule has 1 aliphatic heterocycles. The topological polar surface area (TPSA) is 32.1 Å². The van der Waals surface area contributed by atoms with Crippen LogP contribution in [0.3, 0.4) is 0 Å². The SMILES string of the molecule is CC1(C)CC(=O)N/[N+]1=C/c1ccc(Br)cc1. The zero-order chi connectivity index (χ0) is 11.8. The third kappa shape index (κ3) is 2.32. The van der Waals surface area contributed by atoms with Crippen molar-refractivity contribution in [2.24, 2.45) is 0 Å². The van der Waals surface area contributed by atoms with Crippen LogP contribution in [0.15, 0.2) is 28.7 Å². The number of amides is 1. The summed E-state index contributed by atoms with van der Waals surface area (Å²) in [5, 5.41) is 0. The Bertz CT molecular complexity index is 449. The van der Waals surface area contributed by atoms with Gasteiger partial charge < -0.3 is 0 Å². The number of hydrogen-bond donors (Lipinski definition) is 1. The monoisotopic (exact) mass is 281 g/mol. The van der Waals surface area contributed by atoms with Crippen LogP contribution in [-0.4, -0.2) is 22.3 Å². The fraction of sp³-hybridized carbons (Fsp3) is 0.333. The highest BCUT2D eigenvalue weighted by atomic mass is 79.9. The number of hydrogen-bond acceptors (Lipinski definition) is 1. The molecule has 0 radical (unpaired) electrons. The summed E-state index contributed by atoms with van der Waals surface area (Å²) in [6.07, 6.45) is 2.48. The van der Waals surface area contributed by atoms with Gasteiger partial charge in [-0.05, 0) is 24.3 Å². The highest BCUT2D eigenvalue weighted by Crippen LogP contribution is 2.18. The average Bonchev–Trinajstić information content (AvgIpc) is 2.43. The molecule has 0 atom stereocenters. The molecule has 1 fully saturated rings. The number of hydrazone groups is 1. The molecule has 0 spiro atoms. The predicted octanol–water partition coefficient (Wildman–Crippen LogP) is 2.09. The number of rotatable bonds is 1. The van der Waals surface area contributed by atoms with E-state index in [1.165, 1.54) is 0 Å². The van der Waals surface area contributed by atoms with Gasteiger partial charge in [0.2, 0.25) is 6.21 Å². The van der Waals surface area contributed by atoms with Crippen molar-refractivity contribution in [1.29, 1.82) is 0 Å². The summed E-state index contributed by atoms with van der Waals surface area (Å²) in [5.41, 5.74) is 3.74. The first-order chi connectivity index (χ1) is 7.47. The van der Waals surface area contributed by atoms with E-state index >= 15 is 0 Å². The number of carbonyl (C=O) groups is 1. The predicted molar refractivity (Wildman–Crippen MR) is 66.4 cm³/mol. The lowest BCUT2D eigenvalue weighted by atomic mass is 10.0. The van der Waals surface area contributed by atoms with Crippen molar-refractivity contribution in [1.82, 2.24) is 5.43 Å². The Labute approximate surface area is 103 Å². The van der Waals surface area contributed by atoms with Crippen molar-refractivity contribution < 1.29 is 9.48 Å². The van der Waals surface area contributed by atoms with E-state index < -0.39 is 0 Å². The minimum absolute atomic E-state index is 0.0679. The molecule has 0 aromatic heterocycles. The molecule has 1 heterocycles. The lowest BCUT2D eigenvalue weighted by Crippen LogP contribution is -2.36. The summed E-state index contributed by atoms with van der Waals surface area (Å²) >= 11 is 3.39. The summed E-state index contributed by atoms with van der Waals surface area (Å²) < 4.78 is 2.92. The molecule has 1 aromatic carbocycles. The standard InChI is InChI=1S/C12H13BrN2O/c1-12(2)7-11(16)14-15(12)8-9-3-5-10(13)6-4-9/h3-6,8H,7H2,1-2H3/p+1/b15-8+. The molecule has 0 saturated carbocycles. The lowest BCUT2D eigenvalue weighted by Gasteiger charge is -2.09. The van der Waals surface area contributed by atoms with Crippen LogP contribution in [0.25, 0.3) is 0 Å². The van der Waals surface area contributed by atoms with Crippen LogP contribution in [-0.2, 0) is 4.79 Å². The summed E-state index contributed by atoms with van der Waals surface area (Å²) in [4.78, 5) is 11.3. The molecular weight excluding hydrogens is 268 g/mol. The molecule has 1 N–H and O–H groups in total. The maximum absolute atomic E-state index is 11.3. The van der Waals surface area contributed by atoms with Crippen molar-refractivity contribution in [3.8, 4) is 0 Å². The van der Waals surface area contributed by atoms with Gasteiger partial charge >= 0.3 is 0 Å². The van der Waals surface area contributed by atoms with Crippen molar-refractivity contribution in [2.75, 3.05) is 0 Å². The van der Waals surface area contributed by atoms with Gasteiger partial charge in [0, 0.05) is 23.9 Å². The molecule has 84 valence electrons. The zero-order valence-electron chi connectivity index (χ0n) is 9.33. The van der Waals surface area contributed by atoms with Crippen LogP contribution in [0, 0.1) is 0 Å². The third-order valence-corrected chi connectivity index (χ3v) is 3.17. The van der Waals surface area contributed by atoms with Crippen LogP contribution in [0.1, 0.15) is 25.8 Å². The van der Waals surface area contributed by atoms with E-state index in [0.717, 1.165) is 10.0 Å². The Kier molecular flexibility index (Phi) is 2.84. The van der Waals surface area contributed by atoms with E-state index in [-0.39, 0.29) is 11.4 Å². The molecule has 0 aliphatic carbocycles. The second-order valence-corrected chi connectivity index (χ2v) is 5.49. The molecule has 1 saturated heterocycles. The van der Waals surface area contributed by atoms with Crippen LogP contribution >= 0.6 is 15.9 Å². The first kappa shape index (κ1) is 11.3. The number of halogens is 1. The number of nitrogens with zero attached hydrogens (tertiary/aromatic N) is 1. The Morgan fingerprint density at radius 2 is 2.00 bits per heavy atom. The molecule has 1 aliphatic rings. The Morgan fingerprint density at radius 1 is 1.38 bits per heavy atom. The molecule has 2 rings (SSSR count). The molecule has 0 unspecified atom stereocenters. The van der Waals surface area contributed by atoms with E-state index in [1.54, 1.807) is 0 Å². The Hall–Kier alpha value is -1.16. The zero-order valence-corrected chi connectivity index (χ0v) is 10.9. The smallest absolute Gasteiger partial charge is 0.269 e. The van der Waals surface area contributed by atoms with Crippen molar-refractivity contribution in [3.63, 3.8) is 0 Å². The normalized spacial score (nSPS) is 21.2. The van der Waals surface area contributed by atoms with Gasteiger partial charge in [0.05, 0.1) is 6.42 Å². The van der Waals surface area contributed by atoms with E-state index in [1.807, 2.05) is 49.0 Å². The molecule has 1 amide bonds. The fourth-order valence-electron chi connectivity index (χ4n) is 1.71. The lowest BCUT2D eigenvalue weighted by molar-refractivity contribution is -0.620. The minimum atomic E-state index is -0.163. The van der Waals surface area contributed by atoms with Crippen molar-refractivity contribution >= 4 is 28.1 Å². The molecular formula is C12H14BrN2O+. The number of hydrazine groups is 1. The van der Waals surface area contributed by atoms with Gasteiger partial charge in [-0.2, -0.15) is 0 Å². The van der Waals surface area contributed by atoms with E-state index in [9.17, 15) is 4.79 Å².